The first kappa shape index (κ1) is 17.2. The van der Waals surface area contributed by atoms with Crippen molar-refractivity contribution in [1.29, 1.82) is 0 Å². The fraction of sp³-hybridized carbons (Fsp3) is 0.294. The first-order chi connectivity index (χ1) is 11.1. The van der Waals surface area contributed by atoms with Gasteiger partial charge in [-0.3, -0.25) is 9.59 Å². The lowest BCUT2D eigenvalue weighted by molar-refractivity contribution is -0.122. The molecule has 2 amide bonds. The molecule has 122 valence electrons. The van der Waals surface area contributed by atoms with Gasteiger partial charge in [0.1, 0.15) is 6.04 Å². The van der Waals surface area contributed by atoms with Crippen molar-refractivity contribution >= 4 is 23.2 Å². The quantitative estimate of drug-likeness (QED) is 0.726. The highest BCUT2D eigenvalue weighted by Gasteiger charge is 2.17. The van der Waals surface area contributed by atoms with Crippen molar-refractivity contribution in [2.75, 3.05) is 6.54 Å². The molecule has 2 unspecified atom stereocenters. The van der Waals surface area contributed by atoms with Crippen molar-refractivity contribution < 1.29 is 14.7 Å². The van der Waals surface area contributed by atoms with Crippen LogP contribution < -0.4 is 10.6 Å². The number of nitrogens with one attached hydrogen (secondary N) is 2. The minimum atomic E-state index is -0.626. The number of aliphatic hydroxyl groups excluding tert-OH is 1. The molecule has 2 aromatic rings. The van der Waals surface area contributed by atoms with E-state index in [9.17, 15) is 14.7 Å². The summed E-state index contributed by atoms with van der Waals surface area (Å²) in [4.78, 5) is 24.4. The van der Waals surface area contributed by atoms with Crippen LogP contribution in [0.15, 0.2) is 47.8 Å². The summed E-state index contributed by atoms with van der Waals surface area (Å²) in [6, 6.07) is 12.2. The first-order valence-corrected chi connectivity index (χ1v) is 8.31. The van der Waals surface area contributed by atoms with Gasteiger partial charge in [0.15, 0.2) is 0 Å². The first-order valence-electron chi connectivity index (χ1n) is 7.43. The third kappa shape index (κ3) is 5.19. The zero-order valence-electron chi connectivity index (χ0n) is 12.9. The van der Waals surface area contributed by atoms with Crippen molar-refractivity contribution in [2.24, 2.45) is 0 Å². The van der Waals surface area contributed by atoms with Crippen LogP contribution in [0.2, 0.25) is 0 Å². The summed E-state index contributed by atoms with van der Waals surface area (Å²) in [7, 11) is 0. The maximum absolute atomic E-state index is 12.0. The molecule has 2 atom stereocenters. The second-order valence-electron chi connectivity index (χ2n) is 5.18. The van der Waals surface area contributed by atoms with E-state index in [0.717, 1.165) is 5.56 Å². The third-order valence-electron chi connectivity index (χ3n) is 3.39. The molecule has 2 rings (SSSR count). The van der Waals surface area contributed by atoms with Gasteiger partial charge in [0.05, 0.1) is 11.0 Å². The number of carbonyl (C=O) groups is 2. The highest BCUT2D eigenvalue weighted by molar-refractivity contribution is 7.12. The van der Waals surface area contributed by atoms with Gasteiger partial charge in [-0.25, -0.2) is 0 Å². The van der Waals surface area contributed by atoms with Gasteiger partial charge >= 0.3 is 0 Å². The standard InChI is InChI=1S/C17H20N2O3S/c1-12(19-17(22)15-8-5-11-23-15)16(21)18-10-9-14(20)13-6-3-2-4-7-13/h2-8,11-12,14,20H,9-10H2,1H3,(H,18,21)(H,19,22). The summed E-state index contributed by atoms with van der Waals surface area (Å²) >= 11 is 1.33. The highest BCUT2D eigenvalue weighted by Crippen LogP contribution is 2.14. The summed E-state index contributed by atoms with van der Waals surface area (Å²) in [6.07, 6.45) is -0.200. The van der Waals surface area contributed by atoms with E-state index in [0.29, 0.717) is 17.8 Å². The summed E-state index contributed by atoms with van der Waals surface area (Å²) in [5, 5.41) is 17.2. The van der Waals surface area contributed by atoms with Crippen molar-refractivity contribution in [3.05, 3.63) is 58.3 Å². The largest absolute Gasteiger partial charge is 0.388 e. The molecule has 23 heavy (non-hydrogen) atoms. The Hall–Kier alpha value is -2.18. The van der Waals surface area contributed by atoms with Crippen LogP contribution in [0.25, 0.3) is 0 Å². The van der Waals surface area contributed by atoms with E-state index >= 15 is 0 Å². The van der Waals surface area contributed by atoms with Crippen LogP contribution in [0.1, 0.15) is 34.7 Å². The van der Waals surface area contributed by atoms with Crippen molar-refractivity contribution in [3.8, 4) is 0 Å². The van der Waals surface area contributed by atoms with Crippen molar-refractivity contribution in [1.82, 2.24) is 10.6 Å². The SMILES string of the molecule is CC(NC(=O)c1cccs1)C(=O)NCCC(O)c1ccccc1. The Morgan fingerprint density at radius 2 is 1.91 bits per heavy atom. The van der Waals surface area contributed by atoms with E-state index in [1.54, 1.807) is 19.1 Å². The van der Waals surface area contributed by atoms with E-state index in [-0.39, 0.29) is 11.8 Å². The topological polar surface area (TPSA) is 78.4 Å². The molecule has 1 aromatic heterocycles. The number of rotatable bonds is 7. The van der Waals surface area contributed by atoms with Gasteiger partial charge in [-0.05, 0) is 30.4 Å². The van der Waals surface area contributed by atoms with Gasteiger partial charge in [0, 0.05) is 6.54 Å². The van der Waals surface area contributed by atoms with Gasteiger partial charge in [-0.1, -0.05) is 36.4 Å². The van der Waals surface area contributed by atoms with Gasteiger partial charge in [0.25, 0.3) is 5.91 Å². The second-order valence-corrected chi connectivity index (χ2v) is 6.13. The molecular weight excluding hydrogens is 312 g/mol. The molecule has 6 heteroatoms. The Labute approximate surface area is 139 Å². The smallest absolute Gasteiger partial charge is 0.261 e. The van der Waals surface area contributed by atoms with E-state index in [1.165, 1.54) is 11.3 Å². The minimum Gasteiger partial charge on any atom is -0.388 e. The van der Waals surface area contributed by atoms with Gasteiger partial charge in [0.2, 0.25) is 5.91 Å². The van der Waals surface area contributed by atoms with Gasteiger partial charge < -0.3 is 15.7 Å². The molecule has 0 fully saturated rings. The lowest BCUT2D eigenvalue weighted by Crippen LogP contribution is -2.45. The summed E-state index contributed by atoms with van der Waals surface area (Å²) in [6.45, 7) is 1.97. The predicted octanol–water partition coefficient (Wildman–Crippen LogP) is 2.11. The average Bonchev–Trinajstić information content (AvgIpc) is 3.10. The number of hydrogen-bond acceptors (Lipinski definition) is 4. The maximum Gasteiger partial charge on any atom is 0.261 e. The number of aliphatic hydroxyl groups is 1. The number of thiophene rings is 1. The normalized spacial score (nSPS) is 13.1. The lowest BCUT2D eigenvalue weighted by atomic mass is 10.1. The van der Waals surface area contributed by atoms with E-state index in [4.69, 9.17) is 0 Å². The van der Waals surface area contributed by atoms with Crippen LogP contribution in [0.5, 0.6) is 0 Å². The Kier molecular flexibility index (Phi) is 6.31. The zero-order chi connectivity index (χ0) is 16.7. The molecule has 3 N–H and O–H groups in total. The third-order valence-corrected chi connectivity index (χ3v) is 4.26. The Balaban J connectivity index is 1.73. The number of hydrogen-bond donors (Lipinski definition) is 3. The molecule has 0 aliphatic rings. The summed E-state index contributed by atoms with van der Waals surface area (Å²) in [5.41, 5.74) is 0.820. The molecule has 0 spiro atoms. The van der Waals surface area contributed by atoms with Crippen LogP contribution in [-0.4, -0.2) is 29.5 Å². The molecular formula is C17H20N2O3S. The van der Waals surface area contributed by atoms with Crippen LogP contribution in [-0.2, 0) is 4.79 Å². The number of amides is 2. The van der Waals surface area contributed by atoms with Crippen LogP contribution >= 0.6 is 11.3 Å². The highest BCUT2D eigenvalue weighted by atomic mass is 32.1. The molecule has 0 radical (unpaired) electrons. The number of carbonyl (C=O) groups excluding carboxylic acids is 2. The molecule has 0 aliphatic carbocycles. The van der Waals surface area contributed by atoms with E-state index in [1.807, 2.05) is 35.7 Å². The summed E-state index contributed by atoms with van der Waals surface area (Å²) < 4.78 is 0. The summed E-state index contributed by atoms with van der Waals surface area (Å²) in [5.74, 6) is -0.526. The Morgan fingerprint density at radius 3 is 2.57 bits per heavy atom. The monoisotopic (exact) mass is 332 g/mol. The molecule has 1 aromatic carbocycles. The van der Waals surface area contributed by atoms with Crippen LogP contribution in [0.4, 0.5) is 0 Å². The van der Waals surface area contributed by atoms with Crippen LogP contribution in [0, 0.1) is 0 Å². The van der Waals surface area contributed by atoms with E-state index < -0.39 is 12.1 Å². The Morgan fingerprint density at radius 1 is 1.17 bits per heavy atom. The molecule has 5 nitrogen and oxygen atoms in total. The second kappa shape index (κ2) is 8.45. The van der Waals surface area contributed by atoms with Crippen molar-refractivity contribution in [2.45, 2.75) is 25.5 Å². The van der Waals surface area contributed by atoms with Crippen molar-refractivity contribution in [3.63, 3.8) is 0 Å². The fourth-order valence-electron chi connectivity index (χ4n) is 2.07. The van der Waals surface area contributed by atoms with Gasteiger partial charge in [-0.2, -0.15) is 0 Å². The maximum atomic E-state index is 12.0. The molecule has 1 heterocycles. The number of benzene rings is 1. The van der Waals surface area contributed by atoms with Gasteiger partial charge in [-0.15, -0.1) is 11.3 Å². The molecule has 0 bridgehead atoms. The zero-order valence-corrected chi connectivity index (χ0v) is 13.7. The molecule has 0 saturated carbocycles. The molecule has 0 saturated heterocycles. The average molecular weight is 332 g/mol. The predicted molar refractivity (Wildman–Crippen MR) is 90.3 cm³/mol. The van der Waals surface area contributed by atoms with E-state index in [2.05, 4.69) is 10.6 Å². The Bertz CT molecular complexity index is 629. The fourth-order valence-corrected chi connectivity index (χ4v) is 2.69. The molecule has 0 aliphatic heterocycles. The minimum absolute atomic E-state index is 0.257. The van der Waals surface area contributed by atoms with Crippen LogP contribution in [0.3, 0.4) is 0 Å². The lowest BCUT2D eigenvalue weighted by Gasteiger charge is -2.15.